The molecule has 0 radical (unpaired) electrons. The van der Waals surface area contributed by atoms with E-state index in [1.54, 1.807) is 0 Å². The van der Waals surface area contributed by atoms with Crippen LogP contribution in [0.1, 0.15) is 78.1 Å². The molecule has 0 saturated heterocycles. The lowest BCUT2D eigenvalue weighted by molar-refractivity contribution is 0.446. The van der Waals surface area contributed by atoms with Gasteiger partial charge in [-0.25, -0.2) is 0 Å². The molecule has 1 aromatic carbocycles. The number of allylic oxidation sites excluding steroid dienone is 2. The molecule has 0 aliphatic rings. The van der Waals surface area contributed by atoms with Crippen molar-refractivity contribution in [2.75, 3.05) is 0 Å². The molecule has 0 aromatic heterocycles. The van der Waals surface area contributed by atoms with E-state index in [9.17, 15) is 0 Å². The normalized spacial score (nSPS) is 11.0. The second-order valence-electron chi connectivity index (χ2n) is 5.95. The Morgan fingerprint density at radius 2 is 1.61 bits per heavy atom. The fourth-order valence-electron chi connectivity index (χ4n) is 2.33. The van der Waals surface area contributed by atoms with Crippen LogP contribution in [0.2, 0.25) is 0 Å². The minimum atomic E-state index is 0.809. The lowest BCUT2D eigenvalue weighted by Crippen LogP contribution is -1.93. The van der Waals surface area contributed by atoms with E-state index in [0.717, 1.165) is 24.4 Å². The van der Waals surface area contributed by atoms with Gasteiger partial charge in [-0.05, 0) is 43.4 Å². The summed E-state index contributed by atoms with van der Waals surface area (Å²) in [4.78, 5) is 0. The Labute approximate surface area is 143 Å². The SMILES string of the molecule is CCCCCCC#C/C(=C/CCCCCC)Oc1ccccc1. The third-order valence-electron chi connectivity index (χ3n) is 3.73. The van der Waals surface area contributed by atoms with Gasteiger partial charge in [-0.2, -0.15) is 0 Å². The van der Waals surface area contributed by atoms with Crippen molar-refractivity contribution in [3.05, 3.63) is 42.2 Å². The van der Waals surface area contributed by atoms with Crippen LogP contribution in [0.15, 0.2) is 42.2 Å². The van der Waals surface area contributed by atoms with Crippen molar-refractivity contribution in [3.8, 4) is 17.6 Å². The Bertz CT molecular complexity index is 476. The topological polar surface area (TPSA) is 9.23 Å². The second kappa shape index (κ2) is 13.9. The summed E-state index contributed by atoms with van der Waals surface area (Å²) < 4.78 is 5.94. The second-order valence-corrected chi connectivity index (χ2v) is 5.95. The molecule has 0 atom stereocenters. The van der Waals surface area contributed by atoms with Crippen LogP contribution < -0.4 is 4.74 Å². The van der Waals surface area contributed by atoms with Gasteiger partial charge in [-0.15, -0.1) is 0 Å². The molecule has 1 heteroatoms. The summed E-state index contributed by atoms with van der Waals surface area (Å²) in [6.45, 7) is 4.47. The Morgan fingerprint density at radius 3 is 2.30 bits per heavy atom. The van der Waals surface area contributed by atoms with Crippen molar-refractivity contribution in [2.45, 2.75) is 78.1 Å². The van der Waals surface area contributed by atoms with Gasteiger partial charge in [0.05, 0.1) is 0 Å². The lowest BCUT2D eigenvalue weighted by Gasteiger charge is -2.05. The predicted molar refractivity (Wildman–Crippen MR) is 100 cm³/mol. The number of rotatable bonds is 11. The molecule has 0 aliphatic heterocycles. The largest absolute Gasteiger partial charge is 0.449 e. The molecule has 1 nitrogen and oxygen atoms in total. The van der Waals surface area contributed by atoms with Crippen LogP contribution in [0, 0.1) is 11.8 Å². The Balaban J connectivity index is 2.50. The van der Waals surface area contributed by atoms with Crippen LogP contribution in [0.3, 0.4) is 0 Å². The number of hydrogen-bond acceptors (Lipinski definition) is 1. The van der Waals surface area contributed by atoms with E-state index < -0.39 is 0 Å². The first-order valence-corrected chi connectivity index (χ1v) is 9.28. The molecule has 0 heterocycles. The number of unbranched alkanes of at least 4 members (excludes halogenated alkanes) is 8. The zero-order valence-corrected chi connectivity index (χ0v) is 14.9. The number of ether oxygens (including phenoxy) is 1. The van der Waals surface area contributed by atoms with Gasteiger partial charge in [0.2, 0.25) is 0 Å². The van der Waals surface area contributed by atoms with Gasteiger partial charge < -0.3 is 4.74 Å². The molecule has 126 valence electrons. The highest BCUT2D eigenvalue weighted by atomic mass is 16.5. The van der Waals surface area contributed by atoms with E-state index in [4.69, 9.17) is 4.74 Å². The molecule has 0 fully saturated rings. The molecular formula is C22H32O. The zero-order valence-electron chi connectivity index (χ0n) is 14.9. The highest BCUT2D eigenvalue weighted by Gasteiger charge is 1.97. The van der Waals surface area contributed by atoms with E-state index in [1.165, 1.54) is 51.4 Å². The van der Waals surface area contributed by atoms with Crippen molar-refractivity contribution < 1.29 is 4.74 Å². The Hall–Kier alpha value is -1.68. The molecule has 1 aromatic rings. The summed E-state index contributed by atoms with van der Waals surface area (Å²) >= 11 is 0. The summed E-state index contributed by atoms with van der Waals surface area (Å²) in [5, 5.41) is 0. The summed E-state index contributed by atoms with van der Waals surface area (Å²) in [5.74, 6) is 8.18. The van der Waals surface area contributed by atoms with Crippen LogP contribution in [0.5, 0.6) is 5.75 Å². The summed E-state index contributed by atoms with van der Waals surface area (Å²) in [6, 6.07) is 9.95. The van der Waals surface area contributed by atoms with Crippen molar-refractivity contribution in [1.29, 1.82) is 0 Å². The molecule has 0 N–H and O–H groups in total. The minimum Gasteiger partial charge on any atom is -0.449 e. The van der Waals surface area contributed by atoms with Crippen LogP contribution in [0.25, 0.3) is 0 Å². The third-order valence-corrected chi connectivity index (χ3v) is 3.73. The van der Waals surface area contributed by atoms with Gasteiger partial charge in [0.15, 0.2) is 5.76 Å². The average Bonchev–Trinajstić information content (AvgIpc) is 2.58. The van der Waals surface area contributed by atoms with E-state index in [-0.39, 0.29) is 0 Å². The number of para-hydroxylation sites is 1. The predicted octanol–water partition coefficient (Wildman–Crippen LogP) is 6.89. The standard InChI is InChI=1S/C22H32O/c1-3-5-7-9-11-14-18-21(17-13-10-8-6-4-2)23-22-19-15-12-16-20-22/h12,15-17,19-20H,3-11,13H2,1-2H3/b21-17-. The van der Waals surface area contributed by atoms with E-state index in [0.29, 0.717) is 0 Å². The minimum absolute atomic E-state index is 0.809. The molecule has 0 saturated carbocycles. The van der Waals surface area contributed by atoms with Gasteiger partial charge in [0, 0.05) is 6.42 Å². The maximum absolute atomic E-state index is 5.94. The van der Waals surface area contributed by atoms with Gasteiger partial charge >= 0.3 is 0 Å². The Kier molecular flexibility index (Phi) is 11.7. The molecule has 0 bridgehead atoms. The van der Waals surface area contributed by atoms with Gasteiger partial charge in [0.25, 0.3) is 0 Å². The monoisotopic (exact) mass is 312 g/mol. The van der Waals surface area contributed by atoms with E-state index in [1.807, 2.05) is 30.3 Å². The molecule has 0 unspecified atom stereocenters. The van der Waals surface area contributed by atoms with Gasteiger partial charge in [0.1, 0.15) is 5.75 Å². The fraction of sp³-hybridized carbons (Fsp3) is 0.545. The average molecular weight is 312 g/mol. The van der Waals surface area contributed by atoms with Crippen molar-refractivity contribution in [3.63, 3.8) is 0 Å². The highest BCUT2D eigenvalue weighted by molar-refractivity contribution is 5.30. The first kappa shape index (κ1) is 19.4. The van der Waals surface area contributed by atoms with Crippen LogP contribution >= 0.6 is 0 Å². The summed E-state index contributed by atoms with van der Waals surface area (Å²) in [7, 11) is 0. The maximum atomic E-state index is 5.94. The van der Waals surface area contributed by atoms with E-state index >= 15 is 0 Å². The Morgan fingerprint density at radius 1 is 0.913 bits per heavy atom. The molecule has 23 heavy (non-hydrogen) atoms. The molecule has 0 amide bonds. The van der Waals surface area contributed by atoms with Gasteiger partial charge in [-0.1, -0.05) is 76.5 Å². The lowest BCUT2D eigenvalue weighted by atomic mass is 10.1. The highest BCUT2D eigenvalue weighted by Crippen LogP contribution is 2.14. The summed E-state index contributed by atoms with van der Waals surface area (Å²) in [5.41, 5.74) is 0. The smallest absolute Gasteiger partial charge is 0.173 e. The van der Waals surface area contributed by atoms with Crippen LogP contribution in [-0.4, -0.2) is 0 Å². The first-order valence-electron chi connectivity index (χ1n) is 9.28. The van der Waals surface area contributed by atoms with Crippen LogP contribution in [-0.2, 0) is 0 Å². The first-order chi connectivity index (χ1) is 11.4. The number of hydrogen-bond donors (Lipinski definition) is 0. The van der Waals surface area contributed by atoms with Crippen molar-refractivity contribution >= 4 is 0 Å². The quantitative estimate of drug-likeness (QED) is 0.245. The van der Waals surface area contributed by atoms with Crippen molar-refractivity contribution in [1.82, 2.24) is 0 Å². The van der Waals surface area contributed by atoms with Crippen molar-refractivity contribution in [2.24, 2.45) is 0 Å². The van der Waals surface area contributed by atoms with Gasteiger partial charge in [-0.3, -0.25) is 0 Å². The summed E-state index contributed by atoms with van der Waals surface area (Å²) in [6.07, 6.45) is 14.3. The van der Waals surface area contributed by atoms with E-state index in [2.05, 4.69) is 31.8 Å². The van der Waals surface area contributed by atoms with Crippen LogP contribution in [0.4, 0.5) is 0 Å². The maximum Gasteiger partial charge on any atom is 0.173 e. The number of benzene rings is 1. The molecular weight excluding hydrogens is 280 g/mol. The fourth-order valence-corrected chi connectivity index (χ4v) is 2.33. The molecule has 0 aliphatic carbocycles. The zero-order chi connectivity index (χ0) is 16.6. The molecule has 0 spiro atoms. The third kappa shape index (κ3) is 10.6. The molecule has 1 rings (SSSR count).